The van der Waals surface area contributed by atoms with E-state index in [1.807, 2.05) is 54.9 Å². The summed E-state index contributed by atoms with van der Waals surface area (Å²) >= 11 is 6.27. The van der Waals surface area contributed by atoms with E-state index in [4.69, 9.17) is 11.6 Å². The van der Waals surface area contributed by atoms with Gasteiger partial charge in [-0.25, -0.2) is 0 Å². The van der Waals surface area contributed by atoms with Gasteiger partial charge in [0.2, 0.25) is 11.8 Å². The van der Waals surface area contributed by atoms with Gasteiger partial charge in [-0.2, -0.15) is 15.3 Å². The summed E-state index contributed by atoms with van der Waals surface area (Å²) in [5.74, 6) is -0.200. The van der Waals surface area contributed by atoms with Crippen LogP contribution in [-0.2, 0) is 23.7 Å². The molecule has 3 heterocycles. The summed E-state index contributed by atoms with van der Waals surface area (Å²) in [7, 11) is 3.66. The van der Waals surface area contributed by atoms with Gasteiger partial charge in [0.25, 0.3) is 0 Å². The van der Waals surface area contributed by atoms with Gasteiger partial charge in [-0.3, -0.25) is 28.5 Å². The topological polar surface area (TPSA) is 115 Å². The predicted molar refractivity (Wildman–Crippen MR) is 136 cm³/mol. The second-order valence-corrected chi connectivity index (χ2v) is 9.22. The molecular weight excluding hydrogens is 470 g/mol. The Balaban J connectivity index is 1.77. The highest BCUT2D eigenvalue weighted by molar-refractivity contribution is 6.18. The zero-order valence-electron chi connectivity index (χ0n) is 21.4. The van der Waals surface area contributed by atoms with Crippen LogP contribution >= 0.6 is 11.6 Å². The molecule has 3 aromatic heterocycles. The third-order valence-corrected chi connectivity index (χ3v) is 6.39. The van der Waals surface area contributed by atoms with Crippen molar-refractivity contribution in [3.8, 4) is 0 Å². The fourth-order valence-electron chi connectivity index (χ4n) is 3.99. The van der Waals surface area contributed by atoms with Crippen LogP contribution in [0.5, 0.6) is 0 Å². The summed E-state index contributed by atoms with van der Waals surface area (Å²) in [6.45, 7) is 9.78. The number of nitrogens with one attached hydrogen (secondary N) is 2. The van der Waals surface area contributed by atoms with Gasteiger partial charge in [-0.1, -0.05) is 0 Å². The summed E-state index contributed by atoms with van der Waals surface area (Å²) in [4.78, 5) is 27.8. The molecule has 2 N–H and O–H groups in total. The quantitative estimate of drug-likeness (QED) is 0.410. The molecule has 0 aliphatic rings. The van der Waals surface area contributed by atoms with Gasteiger partial charge in [0.1, 0.15) is 0 Å². The average Bonchev–Trinajstić information content (AvgIpc) is 3.39. The first kappa shape index (κ1) is 26.4. The van der Waals surface area contributed by atoms with Gasteiger partial charge in [0.15, 0.2) is 0 Å². The maximum Gasteiger partial charge on any atom is 0.238 e. The standard InChI is InChI=1S/C23H34ClN9O2/c1-14-9-25-33(10-14)19(8-24)11-32(12-20(34)26-22-15(2)28-30(6)17(22)4)13-21(35)27-23-16(3)29-31(7)18(23)5/h9-10,19H,8,11-13H2,1-7H3,(H,26,34)(H,27,35)/t19-/m1/s1. The van der Waals surface area contributed by atoms with Gasteiger partial charge in [0.05, 0.1) is 59.5 Å². The minimum absolute atomic E-state index is 0.000161. The summed E-state index contributed by atoms with van der Waals surface area (Å²) < 4.78 is 5.21. The Labute approximate surface area is 210 Å². The molecule has 0 saturated carbocycles. The number of hydrogen-bond donors (Lipinski definition) is 2. The van der Waals surface area contributed by atoms with Gasteiger partial charge >= 0.3 is 0 Å². The fourth-order valence-corrected chi connectivity index (χ4v) is 4.23. The normalized spacial score (nSPS) is 12.3. The Bertz CT molecular complexity index is 1140. The monoisotopic (exact) mass is 503 g/mol. The van der Waals surface area contributed by atoms with Gasteiger partial charge in [-0.05, 0) is 40.2 Å². The number of hydrogen-bond acceptors (Lipinski definition) is 6. The van der Waals surface area contributed by atoms with Crippen LogP contribution in [0.3, 0.4) is 0 Å². The lowest BCUT2D eigenvalue weighted by molar-refractivity contribution is -0.120. The molecule has 0 radical (unpaired) electrons. The van der Waals surface area contributed by atoms with Crippen molar-refractivity contribution in [3.05, 3.63) is 40.7 Å². The number of carbonyl (C=O) groups is 2. The van der Waals surface area contributed by atoms with E-state index in [2.05, 4.69) is 25.9 Å². The highest BCUT2D eigenvalue weighted by atomic mass is 35.5. The molecule has 0 aliphatic carbocycles. The minimum Gasteiger partial charge on any atom is -0.322 e. The zero-order valence-corrected chi connectivity index (χ0v) is 22.1. The molecule has 2 amide bonds. The van der Waals surface area contributed by atoms with Gasteiger partial charge in [0, 0.05) is 32.7 Å². The Kier molecular flexibility index (Phi) is 8.34. The summed E-state index contributed by atoms with van der Waals surface area (Å²) in [6.07, 6.45) is 3.65. The summed E-state index contributed by atoms with van der Waals surface area (Å²) in [6, 6.07) is -0.213. The van der Waals surface area contributed by atoms with Crippen LogP contribution in [0.4, 0.5) is 11.4 Å². The van der Waals surface area contributed by atoms with E-state index in [9.17, 15) is 9.59 Å². The maximum absolute atomic E-state index is 13.0. The van der Waals surface area contributed by atoms with Crippen LogP contribution < -0.4 is 10.6 Å². The summed E-state index contributed by atoms with van der Waals surface area (Å²) in [5, 5.41) is 19.0. The van der Waals surface area contributed by atoms with Gasteiger partial charge < -0.3 is 10.6 Å². The first-order chi connectivity index (χ1) is 16.5. The Morgan fingerprint density at radius 1 is 0.943 bits per heavy atom. The lowest BCUT2D eigenvalue weighted by atomic mass is 10.2. The number of rotatable bonds is 10. The molecule has 0 bridgehead atoms. The molecule has 1 atom stereocenters. The van der Waals surface area contributed by atoms with E-state index in [1.54, 1.807) is 25.1 Å². The lowest BCUT2D eigenvalue weighted by Crippen LogP contribution is -2.42. The van der Waals surface area contributed by atoms with Crippen LogP contribution in [0.2, 0.25) is 0 Å². The molecule has 3 rings (SSSR count). The number of alkyl halides is 1. The van der Waals surface area contributed by atoms with Crippen molar-refractivity contribution in [3.63, 3.8) is 0 Å². The van der Waals surface area contributed by atoms with Crippen LogP contribution in [0.15, 0.2) is 12.4 Å². The Morgan fingerprint density at radius 3 is 1.77 bits per heavy atom. The second kappa shape index (κ2) is 11.0. The van der Waals surface area contributed by atoms with Crippen molar-refractivity contribution >= 4 is 34.8 Å². The number of anilines is 2. The Morgan fingerprint density at radius 2 is 1.43 bits per heavy atom. The maximum atomic E-state index is 13.0. The molecular formula is C23H34ClN9O2. The van der Waals surface area contributed by atoms with Gasteiger partial charge in [-0.15, -0.1) is 11.6 Å². The van der Waals surface area contributed by atoms with Crippen LogP contribution in [0.25, 0.3) is 0 Å². The summed E-state index contributed by atoms with van der Waals surface area (Å²) in [5.41, 5.74) is 5.54. The second-order valence-electron chi connectivity index (χ2n) is 8.91. The molecule has 3 aromatic rings. The number of carbonyl (C=O) groups excluding carboxylic acids is 2. The van der Waals surface area contributed by atoms with E-state index in [0.29, 0.717) is 17.9 Å². The number of nitrogens with zero attached hydrogens (tertiary/aromatic N) is 7. The Hall–Kier alpha value is -3.18. The van der Waals surface area contributed by atoms with E-state index >= 15 is 0 Å². The molecule has 0 aliphatic heterocycles. The van der Waals surface area contributed by atoms with Crippen molar-refractivity contribution in [1.29, 1.82) is 0 Å². The number of aryl methyl sites for hydroxylation is 5. The fraction of sp³-hybridized carbons (Fsp3) is 0.522. The molecule has 0 spiro atoms. The zero-order chi connectivity index (χ0) is 25.9. The van der Waals surface area contributed by atoms with Crippen molar-refractivity contribution in [2.75, 3.05) is 36.1 Å². The third kappa shape index (κ3) is 6.29. The minimum atomic E-state index is -0.240. The van der Waals surface area contributed by atoms with E-state index in [-0.39, 0.29) is 36.8 Å². The molecule has 11 nitrogen and oxygen atoms in total. The molecule has 0 unspecified atom stereocenters. The van der Waals surface area contributed by atoms with E-state index in [0.717, 1.165) is 28.3 Å². The molecule has 190 valence electrons. The number of amides is 2. The molecule has 12 heteroatoms. The third-order valence-electron chi connectivity index (χ3n) is 6.03. The SMILES string of the molecule is Cc1cnn([C@H](CCl)CN(CC(=O)Nc2c(C)nn(C)c2C)CC(=O)Nc2c(C)nn(C)c2C)c1. The highest BCUT2D eigenvalue weighted by Gasteiger charge is 2.23. The molecule has 35 heavy (non-hydrogen) atoms. The van der Waals surface area contributed by atoms with Crippen molar-refractivity contribution in [2.24, 2.45) is 14.1 Å². The van der Waals surface area contributed by atoms with Crippen LogP contribution in [-0.4, -0.2) is 71.6 Å². The molecule has 0 saturated heterocycles. The number of halogens is 1. The highest BCUT2D eigenvalue weighted by Crippen LogP contribution is 2.20. The first-order valence-corrected chi connectivity index (χ1v) is 11.9. The van der Waals surface area contributed by atoms with Crippen LogP contribution in [0, 0.1) is 34.6 Å². The average molecular weight is 504 g/mol. The van der Waals surface area contributed by atoms with E-state index in [1.165, 1.54) is 0 Å². The van der Waals surface area contributed by atoms with Crippen molar-refractivity contribution in [1.82, 2.24) is 34.2 Å². The van der Waals surface area contributed by atoms with Crippen molar-refractivity contribution in [2.45, 2.75) is 40.7 Å². The largest absolute Gasteiger partial charge is 0.322 e. The van der Waals surface area contributed by atoms with E-state index < -0.39 is 0 Å². The lowest BCUT2D eigenvalue weighted by Gasteiger charge is -2.26. The number of aromatic nitrogens is 6. The van der Waals surface area contributed by atoms with Crippen molar-refractivity contribution < 1.29 is 9.59 Å². The smallest absolute Gasteiger partial charge is 0.238 e. The van der Waals surface area contributed by atoms with Crippen LogP contribution in [0.1, 0.15) is 34.4 Å². The first-order valence-electron chi connectivity index (χ1n) is 11.4. The molecule has 0 aromatic carbocycles. The predicted octanol–water partition coefficient (Wildman–Crippen LogP) is 2.25. The molecule has 0 fully saturated rings.